The molecule has 1 N–H and O–H groups in total. The zero-order valence-electron chi connectivity index (χ0n) is 14.2. The zero-order valence-corrected chi connectivity index (χ0v) is 16.6. The summed E-state index contributed by atoms with van der Waals surface area (Å²) in [6.07, 6.45) is -4.28. The van der Waals surface area contributed by atoms with Crippen molar-refractivity contribution < 1.29 is 22.6 Å². The lowest BCUT2D eigenvalue weighted by Crippen LogP contribution is -2.38. The molecule has 5 nitrogen and oxygen atoms in total. The lowest BCUT2D eigenvalue weighted by molar-refractivity contribution is -0.135. The molecule has 0 radical (unpaired) electrons. The number of ether oxygens (including phenoxy) is 2. The molecule has 0 amide bonds. The van der Waals surface area contributed by atoms with Gasteiger partial charge in [-0.05, 0) is 30.5 Å². The van der Waals surface area contributed by atoms with Crippen LogP contribution in [0.4, 0.5) is 13.2 Å². The lowest BCUT2D eigenvalue weighted by Gasteiger charge is -2.22. The number of rotatable bonds is 6. The molecular formula is C16H23F3IN3O2. The number of fused-ring (bicyclic) bond motifs is 1. The molecule has 142 valence electrons. The van der Waals surface area contributed by atoms with Crippen molar-refractivity contribution in [3.8, 4) is 11.5 Å². The van der Waals surface area contributed by atoms with E-state index >= 15 is 0 Å². The van der Waals surface area contributed by atoms with Crippen LogP contribution in [0.1, 0.15) is 24.8 Å². The van der Waals surface area contributed by atoms with Gasteiger partial charge in [-0.1, -0.05) is 6.07 Å². The SMILES string of the molecule is CN=C(NCCCCC(F)(F)F)N(C)Cc1ccc2c(c1)OCO2.I. The number of benzene rings is 1. The molecule has 0 aromatic heterocycles. The van der Waals surface area contributed by atoms with Crippen LogP contribution in [0, 0.1) is 0 Å². The van der Waals surface area contributed by atoms with Crippen LogP contribution >= 0.6 is 24.0 Å². The largest absolute Gasteiger partial charge is 0.454 e. The summed E-state index contributed by atoms with van der Waals surface area (Å²) in [6.45, 7) is 1.28. The predicted octanol–water partition coefficient (Wildman–Crippen LogP) is 3.77. The Balaban J connectivity index is 0.00000312. The smallest absolute Gasteiger partial charge is 0.389 e. The van der Waals surface area contributed by atoms with Crippen molar-refractivity contribution in [2.24, 2.45) is 4.99 Å². The van der Waals surface area contributed by atoms with Gasteiger partial charge in [-0.25, -0.2) is 0 Å². The highest BCUT2D eigenvalue weighted by molar-refractivity contribution is 14.0. The lowest BCUT2D eigenvalue weighted by atomic mass is 10.2. The van der Waals surface area contributed by atoms with Crippen LogP contribution in [0.3, 0.4) is 0 Å². The Kier molecular flexibility index (Phi) is 8.60. The van der Waals surface area contributed by atoms with Gasteiger partial charge < -0.3 is 19.7 Å². The van der Waals surface area contributed by atoms with Gasteiger partial charge in [0.15, 0.2) is 17.5 Å². The maximum Gasteiger partial charge on any atom is 0.389 e. The van der Waals surface area contributed by atoms with Crippen LogP contribution in [-0.4, -0.2) is 44.5 Å². The van der Waals surface area contributed by atoms with Gasteiger partial charge in [-0.2, -0.15) is 13.2 Å². The van der Waals surface area contributed by atoms with Gasteiger partial charge in [0.2, 0.25) is 6.79 Å². The molecule has 1 aliphatic heterocycles. The van der Waals surface area contributed by atoms with E-state index in [1.165, 1.54) is 0 Å². The molecule has 0 fully saturated rings. The molecule has 1 aromatic rings. The fourth-order valence-corrected chi connectivity index (χ4v) is 2.42. The Hall–Kier alpha value is -1.39. The van der Waals surface area contributed by atoms with Gasteiger partial charge in [0.05, 0.1) is 0 Å². The summed E-state index contributed by atoms with van der Waals surface area (Å²) in [4.78, 5) is 6.06. The highest BCUT2D eigenvalue weighted by atomic mass is 127. The quantitative estimate of drug-likeness (QED) is 0.296. The van der Waals surface area contributed by atoms with Crippen molar-refractivity contribution in [1.29, 1.82) is 0 Å². The van der Waals surface area contributed by atoms with Gasteiger partial charge in [0.1, 0.15) is 0 Å². The van der Waals surface area contributed by atoms with E-state index in [1.807, 2.05) is 30.1 Å². The van der Waals surface area contributed by atoms with Gasteiger partial charge >= 0.3 is 6.18 Å². The molecule has 0 unspecified atom stereocenters. The number of aliphatic imine (C=N–C) groups is 1. The summed E-state index contributed by atoms with van der Waals surface area (Å²) in [5.41, 5.74) is 1.03. The molecule has 0 aliphatic carbocycles. The molecule has 0 saturated heterocycles. The van der Waals surface area contributed by atoms with Crippen molar-refractivity contribution in [3.63, 3.8) is 0 Å². The predicted molar refractivity (Wildman–Crippen MR) is 101 cm³/mol. The third-order valence-corrected chi connectivity index (χ3v) is 3.60. The number of hydrogen-bond acceptors (Lipinski definition) is 3. The van der Waals surface area contributed by atoms with E-state index in [0.29, 0.717) is 25.5 Å². The minimum atomic E-state index is -4.09. The maximum absolute atomic E-state index is 12.1. The van der Waals surface area contributed by atoms with Gasteiger partial charge in [0, 0.05) is 33.6 Å². The normalized spacial score (nSPS) is 13.4. The molecule has 0 spiro atoms. The van der Waals surface area contributed by atoms with Crippen LogP contribution in [0.25, 0.3) is 0 Å². The van der Waals surface area contributed by atoms with Crippen molar-refractivity contribution in [2.45, 2.75) is 32.0 Å². The van der Waals surface area contributed by atoms with Crippen LogP contribution in [-0.2, 0) is 6.54 Å². The first-order valence-electron chi connectivity index (χ1n) is 7.76. The monoisotopic (exact) mass is 473 g/mol. The number of hydrogen-bond donors (Lipinski definition) is 1. The summed E-state index contributed by atoms with van der Waals surface area (Å²) in [5, 5.41) is 3.08. The molecule has 0 bridgehead atoms. The van der Waals surface area contributed by atoms with E-state index in [-0.39, 0.29) is 37.2 Å². The molecular weight excluding hydrogens is 450 g/mol. The topological polar surface area (TPSA) is 46.1 Å². The number of halogens is 4. The number of alkyl halides is 3. The summed E-state index contributed by atoms with van der Waals surface area (Å²) in [6, 6.07) is 5.72. The van der Waals surface area contributed by atoms with Crippen molar-refractivity contribution in [3.05, 3.63) is 23.8 Å². The van der Waals surface area contributed by atoms with E-state index in [9.17, 15) is 13.2 Å². The number of nitrogens with one attached hydrogen (secondary N) is 1. The van der Waals surface area contributed by atoms with Gasteiger partial charge in [-0.3, -0.25) is 4.99 Å². The minimum absolute atomic E-state index is 0. The first kappa shape index (κ1) is 21.7. The minimum Gasteiger partial charge on any atom is -0.454 e. The first-order valence-corrected chi connectivity index (χ1v) is 7.76. The van der Waals surface area contributed by atoms with Crippen molar-refractivity contribution in [2.75, 3.05) is 27.4 Å². The van der Waals surface area contributed by atoms with E-state index in [0.717, 1.165) is 17.1 Å². The summed E-state index contributed by atoms with van der Waals surface area (Å²) in [5.74, 6) is 2.09. The van der Waals surface area contributed by atoms with E-state index in [4.69, 9.17) is 9.47 Å². The second-order valence-corrected chi connectivity index (χ2v) is 5.59. The Labute approximate surface area is 162 Å². The number of nitrogens with zero attached hydrogens (tertiary/aromatic N) is 2. The highest BCUT2D eigenvalue weighted by Gasteiger charge is 2.25. The van der Waals surface area contributed by atoms with Crippen molar-refractivity contribution >= 4 is 29.9 Å². The molecule has 2 rings (SSSR count). The molecule has 0 atom stereocenters. The third kappa shape index (κ3) is 7.17. The standard InChI is InChI=1S/C16H22F3N3O2.HI/c1-20-15(21-8-4-3-7-16(17,18)19)22(2)10-12-5-6-13-14(9-12)24-11-23-13;/h5-6,9H,3-4,7-8,10-11H2,1-2H3,(H,20,21);1H. The van der Waals surface area contributed by atoms with Crippen LogP contribution < -0.4 is 14.8 Å². The average Bonchev–Trinajstić information content (AvgIpc) is 2.97. The van der Waals surface area contributed by atoms with E-state index in [1.54, 1.807) is 7.05 Å². The Morgan fingerprint density at radius 2 is 1.96 bits per heavy atom. The Bertz CT molecular complexity index is 582. The Morgan fingerprint density at radius 1 is 1.24 bits per heavy atom. The third-order valence-electron chi connectivity index (χ3n) is 3.60. The first-order chi connectivity index (χ1) is 11.4. The maximum atomic E-state index is 12.1. The summed E-state index contributed by atoms with van der Waals surface area (Å²) < 4.78 is 46.9. The fourth-order valence-electron chi connectivity index (χ4n) is 2.42. The van der Waals surface area contributed by atoms with E-state index in [2.05, 4.69) is 10.3 Å². The molecule has 1 aromatic carbocycles. The van der Waals surface area contributed by atoms with Crippen molar-refractivity contribution in [1.82, 2.24) is 10.2 Å². The van der Waals surface area contributed by atoms with Crippen LogP contribution in [0.2, 0.25) is 0 Å². The van der Waals surface area contributed by atoms with Crippen LogP contribution in [0.5, 0.6) is 11.5 Å². The molecule has 1 aliphatic rings. The average molecular weight is 473 g/mol. The molecule has 25 heavy (non-hydrogen) atoms. The second kappa shape index (κ2) is 9.93. The van der Waals surface area contributed by atoms with Crippen LogP contribution in [0.15, 0.2) is 23.2 Å². The van der Waals surface area contributed by atoms with E-state index < -0.39 is 12.6 Å². The summed E-state index contributed by atoms with van der Waals surface area (Å²) >= 11 is 0. The number of unbranched alkanes of at least 4 members (excludes halogenated alkanes) is 1. The number of guanidine groups is 1. The second-order valence-electron chi connectivity index (χ2n) is 5.59. The van der Waals surface area contributed by atoms with Gasteiger partial charge in [0.25, 0.3) is 0 Å². The Morgan fingerprint density at radius 3 is 2.64 bits per heavy atom. The highest BCUT2D eigenvalue weighted by Crippen LogP contribution is 2.32. The molecule has 1 heterocycles. The molecule has 9 heteroatoms. The molecule has 0 saturated carbocycles. The zero-order chi connectivity index (χ0) is 17.6. The fraction of sp³-hybridized carbons (Fsp3) is 0.562. The summed E-state index contributed by atoms with van der Waals surface area (Å²) in [7, 11) is 3.52. The van der Waals surface area contributed by atoms with Gasteiger partial charge in [-0.15, -0.1) is 24.0 Å².